The van der Waals surface area contributed by atoms with Gasteiger partial charge < -0.3 is 20.7 Å². The number of fused-ring (bicyclic) bond motifs is 1. The van der Waals surface area contributed by atoms with Crippen LogP contribution in [0, 0.1) is 0 Å². The Labute approximate surface area is 140 Å². The van der Waals surface area contributed by atoms with Gasteiger partial charge in [-0.05, 0) is 43.2 Å². The Balaban J connectivity index is 1.51. The number of amides is 3. The molecule has 0 aliphatic carbocycles. The van der Waals surface area contributed by atoms with E-state index in [4.69, 9.17) is 4.74 Å². The van der Waals surface area contributed by atoms with E-state index in [0.717, 1.165) is 11.3 Å². The van der Waals surface area contributed by atoms with Crippen molar-refractivity contribution in [2.75, 3.05) is 17.2 Å². The molecule has 2 aromatic carbocycles. The summed E-state index contributed by atoms with van der Waals surface area (Å²) in [5, 5.41) is 8.39. The smallest absolute Gasteiger partial charge is 0.319 e. The van der Waals surface area contributed by atoms with Gasteiger partial charge in [0, 0.05) is 12.2 Å². The van der Waals surface area contributed by atoms with Crippen LogP contribution in [-0.2, 0) is 11.2 Å². The van der Waals surface area contributed by atoms with Gasteiger partial charge in [0.1, 0.15) is 5.75 Å². The number of carbonyl (C=O) groups excluding carboxylic acids is 2. The number of benzene rings is 2. The zero-order valence-corrected chi connectivity index (χ0v) is 13.3. The summed E-state index contributed by atoms with van der Waals surface area (Å²) in [5.74, 6) is 0.514. The Morgan fingerprint density at radius 3 is 2.79 bits per heavy atom. The van der Waals surface area contributed by atoms with Gasteiger partial charge in [0.2, 0.25) is 0 Å². The van der Waals surface area contributed by atoms with E-state index in [1.807, 2.05) is 48.5 Å². The molecular weight excluding hydrogens is 306 g/mol. The molecule has 124 valence electrons. The zero-order chi connectivity index (χ0) is 16.9. The lowest BCUT2D eigenvalue weighted by molar-refractivity contribution is -0.122. The third-order valence-electron chi connectivity index (χ3n) is 3.71. The fraction of sp³-hybridized carbons (Fsp3) is 0.222. The fourth-order valence-corrected chi connectivity index (χ4v) is 2.43. The molecule has 6 heteroatoms. The van der Waals surface area contributed by atoms with Gasteiger partial charge in [0.25, 0.3) is 5.91 Å². The van der Waals surface area contributed by atoms with Crippen LogP contribution in [0.25, 0.3) is 0 Å². The van der Waals surface area contributed by atoms with Crippen LogP contribution in [0.1, 0.15) is 12.5 Å². The minimum absolute atomic E-state index is 0.153. The Kier molecular flexibility index (Phi) is 4.65. The van der Waals surface area contributed by atoms with E-state index in [0.29, 0.717) is 24.4 Å². The maximum atomic E-state index is 11.8. The van der Waals surface area contributed by atoms with Crippen LogP contribution < -0.4 is 20.7 Å². The van der Waals surface area contributed by atoms with Crippen molar-refractivity contribution in [2.45, 2.75) is 19.4 Å². The molecule has 1 heterocycles. The molecule has 0 spiro atoms. The van der Waals surface area contributed by atoms with Gasteiger partial charge in [0.05, 0.1) is 5.69 Å². The van der Waals surface area contributed by atoms with Crippen molar-refractivity contribution in [3.05, 3.63) is 54.1 Å². The quantitative estimate of drug-likeness (QED) is 0.809. The molecule has 3 N–H and O–H groups in total. The number of para-hydroxylation sites is 1. The van der Waals surface area contributed by atoms with Crippen molar-refractivity contribution in [1.82, 2.24) is 5.32 Å². The van der Waals surface area contributed by atoms with Gasteiger partial charge in [-0.2, -0.15) is 0 Å². The molecule has 1 aliphatic heterocycles. The summed E-state index contributed by atoms with van der Waals surface area (Å²) in [6.07, 6.45) is 0.174. The second kappa shape index (κ2) is 7.04. The van der Waals surface area contributed by atoms with Gasteiger partial charge in [-0.1, -0.05) is 24.3 Å². The van der Waals surface area contributed by atoms with E-state index in [-0.39, 0.29) is 11.9 Å². The van der Waals surface area contributed by atoms with Crippen LogP contribution >= 0.6 is 0 Å². The van der Waals surface area contributed by atoms with Crippen LogP contribution in [0.5, 0.6) is 5.75 Å². The van der Waals surface area contributed by atoms with E-state index in [9.17, 15) is 9.59 Å². The summed E-state index contributed by atoms with van der Waals surface area (Å²) >= 11 is 0. The highest BCUT2D eigenvalue weighted by molar-refractivity contribution is 5.97. The highest BCUT2D eigenvalue weighted by Gasteiger charge is 2.23. The molecule has 0 fully saturated rings. The van der Waals surface area contributed by atoms with Crippen molar-refractivity contribution >= 4 is 23.3 Å². The number of anilines is 2. The molecule has 0 saturated carbocycles. The summed E-state index contributed by atoms with van der Waals surface area (Å²) in [6.45, 7) is 2.20. The number of nitrogens with one attached hydrogen (secondary N) is 3. The first-order valence-electron chi connectivity index (χ1n) is 7.82. The third-order valence-corrected chi connectivity index (χ3v) is 3.71. The number of hydrogen-bond acceptors (Lipinski definition) is 3. The van der Waals surface area contributed by atoms with E-state index in [2.05, 4.69) is 16.0 Å². The first-order valence-corrected chi connectivity index (χ1v) is 7.82. The summed E-state index contributed by atoms with van der Waals surface area (Å²) in [5.41, 5.74) is 2.43. The number of hydrogen-bond donors (Lipinski definition) is 3. The van der Waals surface area contributed by atoms with E-state index in [1.165, 1.54) is 0 Å². The van der Waals surface area contributed by atoms with E-state index in [1.54, 1.807) is 6.92 Å². The van der Waals surface area contributed by atoms with Gasteiger partial charge in [-0.3, -0.25) is 4.79 Å². The predicted molar refractivity (Wildman–Crippen MR) is 92.3 cm³/mol. The van der Waals surface area contributed by atoms with Crippen LogP contribution in [0.4, 0.5) is 16.2 Å². The van der Waals surface area contributed by atoms with Crippen LogP contribution in [0.2, 0.25) is 0 Å². The van der Waals surface area contributed by atoms with Crippen LogP contribution in [0.15, 0.2) is 48.5 Å². The van der Waals surface area contributed by atoms with E-state index >= 15 is 0 Å². The van der Waals surface area contributed by atoms with Gasteiger partial charge >= 0.3 is 6.03 Å². The minimum Gasteiger partial charge on any atom is -0.479 e. The van der Waals surface area contributed by atoms with Crippen LogP contribution in [-0.4, -0.2) is 24.6 Å². The highest BCUT2D eigenvalue weighted by Crippen LogP contribution is 2.30. The molecule has 0 aromatic heterocycles. The van der Waals surface area contributed by atoms with Gasteiger partial charge in [-0.15, -0.1) is 0 Å². The molecule has 1 aliphatic rings. The number of carbonyl (C=O) groups is 2. The largest absolute Gasteiger partial charge is 0.479 e. The average Bonchev–Trinajstić information content (AvgIpc) is 2.57. The Morgan fingerprint density at radius 2 is 2.00 bits per heavy atom. The first kappa shape index (κ1) is 15.9. The van der Waals surface area contributed by atoms with Crippen molar-refractivity contribution in [3.63, 3.8) is 0 Å². The van der Waals surface area contributed by atoms with Crippen LogP contribution in [0.3, 0.4) is 0 Å². The van der Waals surface area contributed by atoms with Gasteiger partial charge in [-0.25, -0.2) is 4.79 Å². The monoisotopic (exact) mass is 325 g/mol. The normalized spacial score (nSPS) is 15.7. The summed E-state index contributed by atoms with van der Waals surface area (Å²) in [4.78, 5) is 23.5. The molecule has 0 saturated heterocycles. The average molecular weight is 325 g/mol. The van der Waals surface area contributed by atoms with Gasteiger partial charge in [0.15, 0.2) is 6.10 Å². The molecule has 0 bridgehead atoms. The Hall–Kier alpha value is -3.02. The topological polar surface area (TPSA) is 79.5 Å². The molecule has 24 heavy (non-hydrogen) atoms. The summed E-state index contributed by atoms with van der Waals surface area (Å²) < 4.78 is 5.52. The molecule has 6 nitrogen and oxygen atoms in total. The zero-order valence-electron chi connectivity index (χ0n) is 13.3. The molecule has 1 unspecified atom stereocenters. The number of urea groups is 1. The lowest BCUT2D eigenvalue weighted by atomic mass is 10.1. The first-order chi connectivity index (χ1) is 11.6. The third kappa shape index (κ3) is 3.84. The molecule has 3 amide bonds. The Bertz CT molecular complexity index is 746. The van der Waals surface area contributed by atoms with Crippen molar-refractivity contribution in [1.29, 1.82) is 0 Å². The lowest BCUT2D eigenvalue weighted by Crippen LogP contribution is -2.34. The maximum Gasteiger partial charge on any atom is 0.319 e. The highest BCUT2D eigenvalue weighted by atomic mass is 16.5. The molecule has 0 radical (unpaired) electrons. The maximum absolute atomic E-state index is 11.8. The number of ether oxygens (including phenoxy) is 1. The molecule has 1 atom stereocenters. The molecular formula is C18H19N3O3. The SMILES string of the molecule is CC1Oc2ccc(CCNC(=O)Nc3ccccc3)cc2NC1=O. The predicted octanol–water partition coefficient (Wildman–Crippen LogP) is 2.77. The minimum atomic E-state index is -0.480. The van der Waals surface area contributed by atoms with E-state index < -0.39 is 6.10 Å². The fourth-order valence-electron chi connectivity index (χ4n) is 2.43. The summed E-state index contributed by atoms with van der Waals surface area (Å²) in [6, 6.07) is 14.7. The number of rotatable bonds is 4. The summed E-state index contributed by atoms with van der Waals surface area (Å²) in [7, 11) is 0. The van der Waals surface area contributed by atoms with Crippen molar-refractivity contribution < 1.29 is 14.3 Å². The van der Waals surface area contributed by atoms with Crippen molar-refractivity contribution in [2.24, 2.45) is 0 Å². The second-order valence-electron chi connectivity index (χ2n) is 5.58. The van der Waals surface area contributed by atoms with Crippen molar-refractivity contribution in [3.8, 4) is 5.75 Å². The standard InChI is InChI=1S/C18H19N3O3/c1-12-17(22)21-15-11-13(7-8-16(15)24-12)9-10-19-18(23)20-14-5-3-2-4-6-14/h2-8,11-12H,9-10H2,1H3,(H,21,22)(H2,19,20,23). The Morgan fingerprint density at radius 1 is 1.21 bits per heavy atom. The molecule has 2 aromatic rings. The molecule has 3 rings (SSSR count). The second-order valence-corrected chi connectivity index (χ2v) is 5.58. The lowest BCUT2D eigenvalue weighted by Gasteiger charge is -2.23.